The average molecular weight is 847 g/mol. The summed E-state index contributed by atoms with van der Waals surface area (Å²) in [7, 11) is 0. The summed E-state index contributed by atoms with van der Waals surface area (Å²) in [4.78, 5) is 20.7. The van der Waals surface area contributed by atoms with Gasteiger partial charge in [-0.2, -0.15) is 0 Å². The number of nitrogens with zero attached hydrogens (tertiary/aromatic N) is 4. The molecule has 0 saturated heterocycles. The Morgan fingerprint density at radius 2 is 0.646 bits per heavy atom. The summed E-state index contributed by atoms with van der Waals surface area (Å²) in [6.07, 6.45) is 0. The summed E-state index contributed by atoms with van der Waals surface area (Å²) in [6.45, 7) is 0. The molecule has 0 aliphatic rings. The summed E-state index contributed by atoms with van der Waals surface area (Å²) in [6, 6.07) is 81.0. The summed E-state index contributed by atoms with van der Waals surface area (Å²) in [5.41, 5.74) is 15.0. The number of fused-ring (bicyclic) bond motifs is 5. The molecule has 0 saturated carbocycles. The van der Waals surface area contributed by atoms with Gasteiger partial charge in [-0.25, -0.2) is 19.9 Å². The van der Waals surface area contributed by atoms with Crippen molar-refractivity contribution in [2.24, 2.45) is 0 Å². The minimum Gasteiger partial charge on any atom is -0.246 e. The SMILES string of the molecule is c1ccc(-c2ccc(-c3nc(-c4ccc(-c5ccccc5)cc4)nc(-c4ccc(-c5cccc(-c6nc7cc(-c8ccccc8)ccc7c7c6sc6ccccc67)c5)cc4)n3)cc2)cc1. The summed E-state index contributed by atoms with van der Waals surface area (Å²) in [5, 5.41) is 3.69. The number of benzene rings is 9. The van der Waals surface area contributed by atoms with Crippen LogP contribution in [0.1, 0.15) is 0 Å². The van der Waals surface area contributed by atoms with Crippen molar-refractivity contribution in [2.75, 3.05) is 0 Å². The third-order valence-electron chi connectivity index (χ3n) is 12.2. The molecule has 4 nitrogen and oxygen atoms in total. The van der Waals surface area contributed by atoms with Gasteiger partial charge in [0.15, 0.2) is 17.5 Å². The fourth-order valence-corrected chi connectivity index (χ4v) is 10.0. The monoisotopic (exact) mass is 846 g/mol. The van der Waals surface area contributed by atoms with Gasteiger partial charge in [-0.1, -0.05) is 212 Å². The smallest absolute Gasteiger partial charge is 0.164 e. The van der Waals surface area contributed by atoms with Crippen molar-refractivity contribution in [3.63, 3.8) is 0 Å². The van der Waals surface area contributed by atoms with Gasteiger partial charge in [0.05, 0.1) is 15.9 Å². The quantitative estimate of drug-likeness (QED) is 0.153. The lowest BCUT2D eigenvalue weighted by Crippen LogP contribution is -2.00. The van der Waals surface area contributed by atoms with Gasteiger partial charge in [0.25, 0.3) is 0 Å². The van der Waals surface area contributed by atoms with Crippen LogP contribution in [-0.4, -0.2) is 19.9 Å². The Morgan fingerprint density at radius 3 is 1.18 bits per heavy atom. The van der Waals surface area contributed by atoms with Gasteiger partial charge >= 0.3 is 0 Å². The first-order valence-corrected chi connectivity index (χ1v) is 22.6. The van der Waals surface area contributed by atoms with E-state index in [0.29, 0.717) is 17.5 Å². The number of hydrogen-bond donors (Lipinski definition) is 0. The maximum absolute atomic E-state index is 5.44. The third-order valence-corrected chi connectivity index (χ3v) is 13.3. The maximum Gasteiger partial charge on any atom is 0.164 e. The van der Waals surface area contributed by atoms with Crippen molar-refractivity contribution in [1.82, 2.24) is 19.9 Å². The highest BCUT2D eigenvalue weighted by molar-refractivity contribution is 7.26. The molecule has 0 aliphatic heterocycles. The predicted octanol–water partition coefficient (Wildman–Crippen LogP) is 16.1. The van der Waals surface area contributed by atoms with Crippen LogP contribution < -0.4 is 0 Å². The third kappa shape index (κ3) is 7.34. The van der Waals surface area contributed by atoms with Crippen molar-refractivity contribution in [3.8, 4) is 89.9 Å². The molecular formula is C60H38N4S. The molecule has 0 aliphatic carbocycles. The molecule has 304 valence electrons. The van der Waals surface area contributed by atoms with E-state index >= 15 is 0 Å². The number of hydrogen-bond acceptors (Lipinski definition) is 5. The Balaban J connectivity index is 0.922. The molecule has 12 aromatic rings. The van der Waals surface area contributed by atoms with E-state index in [2.05, 4.69) is 218 Å². The zero-order valence-electron chi connectivity index (χ0n) is 35.1. The Bertz CT molecular complexity index is 3560. The second-order valence-electron chi connectivity index (χ2n) is 16.2. The molecule has 0 radical (unpaired) electrons. The summed E-state index contributed by atoms with van der Waals surface area (Å²) in [5.74, 6) is 1.87. The van der Waals surface area contributed by atoms with Crippen LogP contribution in [0.25, 0.3) is 121 Å². The number of pyridine rings is 1. The van der Waals surface area contributed by atoms with Crippen molar-refractivity contribution < 1.29 is 0 Å². The first-order valence-electron chi connectivity index (χ1n) is 21.8. The zero-order valence-corrected chi connectivity index (χ0v) is 36.0. The van der Waals surface area contributed by atoms with Gasteiger partial charge in [-0.3, -0.25) is 0 Å². The number of aromatic nitrogens is 4. The Hall–Kier alpha value is -8.38. The highest BCUT2D eigenvalue weighted by Gasteiger charge is 2.18. The standard InChI is InChI=1S/C60H38N4S/c1-4-13-39(14-5-1)42-23-29-45(30-24-42)58-62-59(46-31-25-43(26-32-46)40-15-6-2-7-16-40)64-60(63-58)47-33-27-44(28-34-47)48-19-12-20-50(37-48)56-57-55(52-21-10-11-22-54(52)65-57)51-36-35-49(38-53(51)61-56)41-17-8-3-9-18-41/h1-38H. The molecule has 9 aromatic carbocycles. The number of thiophene rings is 1. The van der Waals surface area contributed by atoms with Crippen LogP contribution in [0.2, 0.25) is 0 Å². The van der Waals surface area contributed by atoms with Gasteiger partial charge in [0, 0.05) is 43.1 Å². The van der Waals surface area contributed by atoms with Crippen LogP contribution in [0.4, 0.5) is 0 Å². The fraction of sp³-hybridized carbons (Fsp3) is 0. The van der Waals surface area contributed by atoms with Crippen LogP contribution in [-0.2, 0) is 0 Å². The van der Waals surface area contributed by atoms with Crippen molar-refractivity contribution in [3.05, 3.63) is 231 Å². The largest absolute Gasteiger partial charge is 0.246 e. The maximum atomic E-state index is 5.44. The summed E-state index contributed by atoms with van der Waals surface area (Å²) >= 11 is 1.82. The molecule has 3 aromatic heterocycles. The topological polar surface area (TPSA) is 51.6 Å². The van der Waals surface area contributed by atoms with Gasteiger partial charge in [-0.05, 0) is 62.7 Å². The lowest BCUT2D eigenvalue weighted by molar-refractivity contribution is 1.07. The first-order chi connectivity index (χ1) is 32.2. The molecule has 3 heterocycles. The first kappa shape index (κ1) is 38.3. The minimum atomic E-state index is 0.618. The Morgan fingerprint density at radius 1 is 0.262 bits per heavy atom. The molecule has 0 atom stereocenters. The van der Waals surface area contributed by atoms with E-state index in [-0.39, 0.29) is 0 Å². The molecule has 0 amide bonds. The van der Waals surface area contributed by atoms with E-state index in [1.165, 1.54) is 42.2 Å². The molecule has 0 fully saturated rings. The highest BCUT2D eigenvalue weighted by Crippen LogP contribution is 2.44. The van der Waals surface area contributed by atoms with Gasteiger partial charge in [0.1, 0.15) is 0 Å². The highest BCUT2D eigenvalue weighted by atomic mass is 32.1. The lowest BCUT2D eigenvalue weighted by Gasteiger charge is -2.11. The average Bonchev–Trinajstić information content (AvgIpc) is 3.79. The van der Waals surface area contributed by atoms with Crippen LogP contribution in [0.15, 0.2) is 231 Å². The van der Waals surface area contributed by atoms with Crippen LogP contribution >= 0.6 is 11.3 Å². The molecule has 65 heavy (non-hydrogen) atoms. The minimum absolute atomic E-state index is 0.618. The molecule has 0 N–H and O–H groups in total. The van der Waals surface area contributed by atoms with E-state index in [0.717, 1.165) is 61.3 Å². The second-order valence-corrected chi connectivity index (χ2v) is 17.3. The van der Waals surface area contributed by atoms with Crippen molar-refractivity contribution >= 4 is 42.4 Å². The summed E-state index contributed by atoms with van der Waals surface area (Å²) < 4.78 is 2.46. The number of rotatable bonds is 8. The molecular weight excluding hydrogens is 809 g/mol. The van der Waals surface area contributed by atoms with E-state index in [4.69, 9.17) is 19.9 Å². The molecule has 0 spiro atoms. The van der Waals surface area contributed by atoms with E-state index in [1.807, 2.05) is 23.5 Å². The van der Waals surface area contributed by atoms with Gasteiger partial charge in [0.2, 0.25) is 0 Å². The van der Waals surface area contributed by atoms with Crippen molar-refractivity contribution in [1.29, 1.82) is 0 Å². The van der Waals surface area contributed by atoms with Crippen LogP contribution in [0.3, 0.4) is 0 Å². The Labute approximate surface area is 380 Å². The molecule has 0 unspecified atom stereocenters. The van der Waals surface area contributed by atoms with Gasteiger partial charge < -0.3 is 0 Å². The Kier molecular flexibility index (Phi) is 9.66. The van der Waals surface area contributed by atoms with E-state index < -0.39 is 0 Å². The normalized spacial score (nSPS) is 11.4. The van der Waals surface area contributed by atoms with Crippen molar-refractivity contribution in [2.45, 2.75) is 0 Å². The van der Waals surface area contributed by atoms with Crippen LogP contribution in [0, 0.1) is 0 Å². The second kappa shape index (κ2) is 16.4. The molecule has 12 rings (SSSR count). The fourth-order valence-electron chi connectivity index (χ4n) is 8.80. The van der Waals surface area contributed by atoms with Crippen LogP contribution in [0.5, 0.6) is 0 Å². The van der Waals surface area contributed by atoms with Gasteiger partial charge in [-0.15, -0.1) is 11.3 Å². The van der Waals surface area contributed by atoms with E-state index in [1.54, 1.807) is 0 Å². The molecule has 0 bridgehead atoms. The predicted molar refractivity (Wildman–Crippen MR) is 272 cm³/mol. The molecule has 5 heteroatoms. The lowest BCUT2D eigenvalue weighted by atomic mass is 9.97. The van der Waals surface area contributed by atoms with E-state index in [9.17, 15) is 0 Å². The zero-order chi connectivity index (χ0) is 43.1.